The van der Waals surface area contributed by atoms with Crippen LogP contribution in [0.15, 0.2) is 58.2 Å². The molecule has 1 spiro atoms. The van der Waals surface area contributed by atoms with Gasteiger partial charge in [0.15, 0.2) is 5.60 Å². The smallest absolute Gasteiger partial charge is 0.170 e. The fourth-order valence-corrected chi connectivity index (χ4v) is 4.52. The van der Waals surface area contributed by atoms with Crippen LogP contribution in [0.25, 0.3) is 10.9 Å². The topological polar surface area (TPSA) is 43.7 Å². The minimum absolute atomic E-state index is 0.396. The second kappa shape index (κ2) is 6.34. The molecular weight excluding hydrogens is 404 g/mol. The number of oxime groups is 1. The molecular formula is C22H19BrN2O2. The normalized spacial score (nSPS) is 21.0. The quantitative estimate of drug-likeness (QED) is 0.557. The molecule has 27 heavy (non-hydrogen) atoms. The van der Waals surface area contributed by atoms with Crippen molar-refractivity contribution in [3.05, 3.63) is 69.8 Å². The van der Waals surface area contributed by atoms with Gasteiger partial charge in [0.25, 0.3) is 0 Å². The van der Waals surface area contributed by atoms with Gasteiger partial charge in [0.05, 0.1) is 18.3 Å². The van der Waals surface area contributed by atoms with Gasteiger partial charge < -0.3 is 9.57 Å². The number of hydrogen-bond donors (Lipinski definition) is 0. The van der Waals surface area contributed by atoms with E-state index in [1.807, 2.05) is 30.3 Å². The van der Waals surface area contributed by atoms with Crippen LogP contribution in [0.1, 0.15) is 36.1 Å². The fourth-order valence-electron chi connectivity index (χ4n) is 4.14. The molecule has 0 N–H and O–H groups in total. The molecule has 2 heterocycles. The minimum Gasteiger partial charge on any atom is -0.497 e. The van der Waals surface area contributed by atoms with Gasteiger partial charge >= 0.3 is 0 Å². The van der Waals surface area contributed by atoms with Crippen LogP contribution in [-0.4, -0.2) is 17.8 Å². The number of ether oxygens (including phenoxy) is 1. The number of aromatic nitrogens is 1. The summed E-state index contributed by atoms with van der Waals surface area (Å²) in [6, 6.07) is 16.5. The van der Waals surface area contributed by atoms with Crippen LogP contribution < -0.4 is 4.74 Å². The molecule has 2 aromatic carbocycles. The van der Waals surface area contributed by atoms with Crippen molar-refractivity contribution < 1.29 is 9.57 Å². The largest absolute Gasteiger partial charge is 0.497 e. The Bertz CT molecular complexity index is 1060. The van der Waals surface area contributed by atoms with Crippen molar-refractivity contribution in [2.24, 2.45) is 5.16 Å². The van der Waals surface area contributed by atoms with E-state index < -0.39 is 5.60 Å². The number of rotatable bonds is 2. The van der Waals surface area contributed by atoms with Crippen LogP contribution in [0.3, 0.4) is 0 Å². The predicted octanol–water partition coefficient (Wildman–Crippen LogP) is 5.36. The lowest BCUT2D eigenvalue weighted by Crippen LogP contribution is -2.31. The fraction of sp³-hybridized carbons (Fsp3) is 0.273. The van der Waals surface area contributed by atoms with Crippen LogP contribution >= 0.6 is 15.9 Å². The third-order valence-corrected chi connectivity index (χ3v) is 6.04. The molecule has 136 valence electrons. The average Bonchev–Trinajstić information content (AvgIpc) is 3.12. The Hall–Kier alpha value is -2.40. The maximum absolute atomic E-state index is 6.12. The molecule has 1 atom stereocenters. The van der Waals surface area contributed by atoms with Crippen molar-refractivity contribution in [2.75, 3.05) is 7.11 Å². The van der Waals surface area contributed by atoms with Gasteiger partial charge in [-0.3, -0.25) is 4.98 Å². The van der Waals surface area contributed by atoms with Crippen molar-refractivity contribution in [1.82, 2.24) is 4.98 Å². The first kappa shape index (κ1) is 16.8. The lowest BCUT2D eigenvalue weighted by molar-refractivity contribution is -0.0366. The van der Waals surface area contributed by atoms with Crippen molar-refractivity contribution in [3.63, 3.8) is 0 Å². The van der Waals surface area contributed by atoms with Gasteiger partial charge in [0, 0.05) is 27.5 Å². The van der Waals surface area contributed by atoms with Crippen LogP contribution in [0.5, 0.6) is 5.75 Å². The second-order valence-corrected chi connectivity index (χ2v) is 8.12. The highest BCUT2D eigenvalue weighted by atomic mass is 79.9. The monoisotopic (exact) mass is 422 g/mol. The van der Waals surface area contributed by atoms with Gasteiger partial charge in [0.2, 0.25) is 0 Å². The average molecular weight is 423 g/mol. The van der Waals surface area contributed by atoms with Crippen LogP contribution in [0, 0.1) is 0 Å². The van der Waals surface area contributed by atoms with Crippen molar-refractivity contribution >= 4 is 32.5 Å². The van der Waals surface area contributed by atoms with Crippen LogP contribution in [0.2, 0.25) is 0 Å². The Labute approximate surface area is 166 Å². The van der Waals surface area contributed by atoms with Crippen molar-refractivity contribution in [3.8, 4) is 5.75 Å². The van der Waals surface area contributed by atoms with E-state index in [4.69, 9.17) is 14.6 Å². The van der Waals surface area contributed by atoms with E-state index in [1.54, 1.807) is 7.11 Å². The van der Waals surface area contributed by atoms with Gasteiger partial charge in [-0.25, -0.2) is 0 Å². The summed E-state index contributed by atoms with van der Waals surface area (Å²) in [6.07, 6.45) is 3.79. The number of nitrogens with zero attached hydrogens (tertiary/aromatic N) is 2. The zero-order chi connectivity index (χ0) is 18.4. The van der Waals surface area contributed by atoms with Gasteiger partial charge in [0.1, 0.15) is 5.75 Å². The summed E-state index contributed by atoms with van der Waals surface area (Å²) < 4.78 is 6.31. The Morgan fingerprint density at radius 2 is 1.96 bits per heavy atom. The molecule has 0 saturated heterocycles. The summed E-state index contributed by atoms with van der Waals surface area (Å²) in [5, 5.41) is 5.60. The number of methoxy groups -OCH3 is 1. The molecule has 2 aliphatic rings. The van der Waals surface area contributed by atoms with Crippen LogP contribution in [0.4, 0.5) is 0 Å². The molecule has 1 aromatic heterocycles. The van der Waals surface area contributed by atoms with Gasteiger partial charge in [-0.1, -0.05) is 21.1 Å². The Balaban J connectivity index is 1.53. The van der Waals surface area contributed by atoms with Gasteiger partial charge in [-0.05, 0) is 73.4 Å². The maximum Gasteiger partial charge on any atom is 0.170 e. The van der Waals surface area contributed by atoms with E-state index >= 15 is 0 Å². The van der Waals surface area contributed by atoms with Crippen molar-refractivity contribution in [1.29, 1.82) is 0 Å². The summed E-state index contributed by atoms with van der Waals surface area (Å²) in [4.78, 5) is 11.0. The Kier molecular flexibility index (Phi) is 3.93. The van der Waals surface area contributed by atoms with Gasteiger partial charge in [-0.2, -0.15) is 0 Å². The lowest BCUT2D eigenvalue weighted by atomic mass is 9.77. The first-order valence-corrected chi connectivity index (χ1v) is 9.95. The molecule has 0 amide bonds. The number of aryl methyl sites for hydroxylation is 1. The molecule has 0 bridgehead atoms. The van der Waals surface area contributed by atoms with E-state index in [9.17, 15) is 0 Å². The predicted molar refractivity (Wildman–Crippen MR) is 109 cm³/mol. The molecule has 3 aromatic rings. The zero-order valence-corrected chi connectivity index (χ0v) is 16.6. The zero-order valence-electron chi connectivity index (χ0n) is 15.0. The molecule has 0 radical (unpaired) electrons. The van der Waals surface area contributed by atoms with E-state index in [-0.39, 0.29) is 0 Å². The summed E-state index contributed by atoms with van der Waals surface area (Å²) in [7, 11) is 1.68. The van der Waals surface area contributed by atoms with Crippen LogP contribution in [-0.2, 0) is 16.9 Å². The standard InChI is InChI=1S/C22H19BrN2O2/c1-26-17-7-4-14(5-8-17)21-13-22(27-25-21)10-2-3-20-18(22)12-15-11-16(23)6-9-19(15)24-20/h4-9,11-12H,2-3,10,13H2,1H3/t22-/m0/s1. The molecule has 1 aliphatic carbocycles. The number of fused-ring (bicyclic) bond motifs is 3. The Morgan fingerprint density at radius 1 is 1.11 bits per heavy atom. The number of benzene rings is 2. The molecule has 0 unspecified atom stereocenters. The highest BCUT2D eigenvalue weighted by molar-refractivity contribution is 9.10. The lowest BCUT2D eigenvalue weighted by Gasteiger charge is -2.33. The third-order valence-electron chi connectivity index (χ3n) is 5.55. The minimum atomic E-state index is -0.396. The molecule has 0 fully saturated rings. The first-order valence-electron chi connectivity index (χ1n) is 9.16. The summed E-state index contributed by atoms with van der Waals surface area (Å²) in [5.41, 5.74) is 5.03. The maximum atomic E-state index is 6.12. The third kappa shape index (κ3) is 2.81. The highest BCUT2D eigenvalue weighted by Crippen LogP contribution is 2.45. The molecule has 0 saturated carbocycles. The molecule has 5 heteroatoms. The number of hydrogen-bond acceptors (Lipinski definition) is 4. The highest BCUT2D eigenvalue weighted by Gasteiger charge is 2.45. The summed E-state index contributed by atoms with van der Waals surface area (Å²) >= 11 is 3.56. The molecule has 5 rings (SSSR count). The van der Waals surface area contributed by atoms with Crippen molar-refractivity contribution in [2.45, 2.75) is 31.3 Å². The van der Waals surface area contributed by atoms with E-state index in [1.165, 1.54) is 5.56 Å². The van der Waals surface area contributed by atoms with E-state index in [0.717, 1.165) is 63.8 Å². The number of halogens is 1. The SMILES string of the molecule is COc1ccc(C2=NO[C@@]3(CCCc4nc5ccc(Br)cc5cc43)C2)cc1. The summed E-state index contributed by atoms with van der Waals surface area (Å²) in [6.45, 7) is 0. The second-order valence-electron chi connectivity index (χ2n) is 7.20. The Morgan fingerprint density at radius 3 is 2.78 bits per heavy atom. The van der Waals surface area contributed by atoms with E-state index in [2.05, 4.69) is 39.3 Å². The number of pyridine rings is 1. The summed E-state index contributed by atoms with van der Waals surface area (Å²) in [5.74, 6) is 0.845. The molecule has 4 nitrogen and oxygen atoms in total. The van der Waals surface area contributed by atoms with Gasteiger partial charge in [-0.15, -0.1) is 0 Å². The first-order chi connectivity index (χ1) is 13.2. The van der Waals surface area contributed by atoms with E-state index in [0.29, 0.717) is 0 Å². The molecule has 1 aliphatic heterocycles.